The van der Waals surface area contributed by atoms with Crippen LogP contribution in [0, 0.1) is 6.92 Å². The number of ether oxygens (including phenoxy) is 1. The SMILES string of the molecule is Cc1cccc(N)c1NC(C)C(=O)N1CCOCC1. The highest BCUT2D eigenvalue weighted by molar-refractivity contribution is 5.86. The van der Waals surface area contributed by atoms with Crippen LogP contribution >= 0.6 is 0 Å². The fraction of sp³-hybridized carbons (Fsp3) is 0.500. The standard InChI is InChI=1S/C14H21N3O2/c1-10-4-3-5-12(15)13(10)16-11(2)14(18)17-6-8-19-9-7-17/h3-5,11,16H,6-9,15H2,1-2H3. The zero-order valence-corrected chi connectivity index (χ0v) is 11.5. The summed E-state index contributed by atoms with van der Waals surface area (Å²) in [5, 5.41) is 3.22. The van der Waals surface area contributed by atoms with Gasteiger partial charge >= 0.3 is 0 Å². The minimum Gasteiger partial charge on any atom is -0.397 e. The molecule has 0 radical (unpaired) electrons. The molecule has 19 heavy (non-hydrogen) atoms. The van der Waals surface area contributed by atoms with Crippen molar-refractivity contribution in [2.45, 2.75) is 19.9 Å². The molecule has 1 heterocycles. The third-order valence-electron chi connectivity index (χ3n) is 3.36. The molecule has 1 fully saturated rings. The first kappa shape index (κ1) is 13.7. The number of amides is 1. The molecule has 1 aromatic rings. The van der Waals surface area contributed by atoms with Crippen LogP contribution in [0.5, 0.6) is 0 Å². The van der Waals surface area contributed by atoms with Crippen LogP contribution in [-0.4, -0.2) is 43.2 Å². The van der Waals surface area contributed by atoms with Gasteiger partial charge < -0.3 is 20.7 Å². The minimum absolute atomic E-state index is 0.0888. The summed E-state index contributed by atoms with van der Waals surface area (Å²) in [7, 11) is 0. The Kier molecular flexibility index (Phi) is 4.27. The summed E-state index contributed by atoms with van der Waals surface area (Å²) in [4.78, 5) is 14.1. The summed E-state index contributed by atoms with van der Waals surface area (Å²) in [6.07, 6.45) is 0. The number of nitrogens with two attached hydrogens (primary N) is 1. The van der Waals surface area contributed by atoms with Crippen molar-refractivity contribution in [2.75, 3.05) is 37.4 Å². The molecule has 3 N–H and O–H groups in total. The van der Waals surface area contributed by atoms with Crippen molar-refractivity contribution in [3.63, 3.8) is 0 Å². The van der Waals surface area contributed by atoms with E-state index < -0.39 is 0 Å². The predicted octanol–water partition coefficient (Wildman–Crippen LogP) is 1.24. The van der Waals surface area contributed by atoms with E-state index in [-0.39, 0.29) is 11.9 Å². The van der Waals surface area contributed by atoms with Crippen molar-refractivity contribution in [2.24, 2.45) is 0 Å². The van der Waals surface area contributed by atoms with Gasteiger partial charge in [-0.1, -0.05) is 12.1 Å². The molecule has 2 rings (SSSR count). The Bertz CT molecular complexity index is 436. The molecular formula is C14H21N3O2. The average Bonchev–Trinajstić information content (AvgIpc) is 2.43. The van der Waals surface area contributed by atoms with E-state index in [9.17, 15) is 4.79 Å². The molecule has 0 aromatic heterocycles. The topological polar surface area (TPSA) is 67.6 Å². The van der Waals surface area contributed by atoms with Crippen LogP contribution in [0.15, 0.2) is 18.2 Å². The van der Waals surface area contributed by atoms with Gasteiger partial charge in [-0.25, -0.2) is 0 Å². The zero-order valence-electron chi connectivity index (χ0n) is 11.5. The fourth-order valence-corrected chi connectivity index (χ4v) is 2.22. The van der Waals surface area contributed by atoms with Crippen LogP contribution in [0.3, 0.4) is 0 Å². The first-order chi connectivity index (χ1) is 9.09. The maximum atomic E-state index is 12.3. The fourth-order valence-electron chi connectivity index (χ4n) is 2.22. The van der Waals surface area contributed by atoms with Gasteiger partial charge in [0.25, 0.3) is 0 Å². The van der Waals surface area contributed by atoms with Gasteiger partial charge in [0.1, 0.15) is 6.04 Å². The summed E-state index contributed by atoms with van der Waals surface area (Å²) >= 11 is 0. The Morgan fingerprint density at radius 2 is 2.11 bits per heavy atom. The average molecular weight is 263 g/mol. The van der Waals surface area contributed by atoms with Gasteiger partial charge in [-0.2, -0.15) is 0 Å². The second kappa shape index (κ2) is 5.93. The Balaban J connectivity index is 2.03. The second-order valence-corrected chi connectivity index (χ2v) is 4.84. The molecule has 1 aliphatic rings. The molecule has 0 saturated carbocycles. The summed E-state index contributed by atoms with van der Waals surface area (Å²) in [5.41, 5.74) is 8.50. The molecule has 5 nitrogen and oxygen atoms in total. The lowest BCUT2D eigenvalue weighted by molar-refractivity contribution is -0.135. The van der Waals surface area contributed by atoms with Gasteiger partial charge in [-0.3, -0.25) is 4.79 Å². The number of benzene rings is 1. The van der Waals surface area contributed by atoms with E-state index in [2.05, 4.69) is 5.32 Å². The highest BCUT2D eigenvalue weighted by Crippen LogP contribution is 2.23. The van der Waals surface area contributed by atoms with Crippen LogP contribution in [-0.2, 0) is 9.53 Å². The number of hydrogen-bond acceptors (Lipinski definition) is 4. The molecule has 104 valence electrons. The first-order valence-electron chi connectivity index (χ1n) is 6.57. The number of nitrogens with zero attached hydrogens (tertiary/aromatic N) is 1. The number of hydrogen-bond donors (Lipinski definition) is 2. The molecule has 5 heteroatoms. The van der Waals surface area contributed by atoms with E-state index >= 15 is 0 Å². The Hall–Kier alpha value is -1.75. The van der Waals surface area contributed by atoms with E-state index in [0.717, 1.165) is 11.3 Å². The van der Waals surface area contributed by atoms with Crippen molar-refractivity contribution < 1.29 is 9.53 Å². The quantitative estimate of drug-likeness (QED) is 0.805. The molecule has 1 aromatic carbocycles. The van der Waals surface area contributed by atoms with Crippen molar-refractivity contribution in [1.82, 2.24) is 4.90 Å². The number of rotatable bonds is 3. The number of nitrogens with one attached hydrogen (secondary N) is 1. The van der Waals surface area contributed by atoms with Crippen LogP contribution in [0.2, 0.25) is 0 Å². The van der Waals surface area contributed by atoms with Gasteiger partial charge in [-0.05, 0) is 25.5 Å². The molecule has 1 amide bonds. The molecular weight excluding hydrogens is 242 g/mol. The molecule has 0 aliphatic carbocycles. The lowest BCUT2D eigenvalue weighted by Gasteiger charge is -2.30. The number of aryl methyl sites for hydroxylation is 1. The lowest BCUT2D eigenvalue weighted by atomic mass is 10.1. The normalized spacial score (nSPS) is 17.1. The second-order valence-electron chi connectivity index (χ2n) is 4.84. The number of carbonyl (C=O) groups is 1. The molecule has 0 bridgehead atoms. The van der Waals surface area contributed by atoms with E-state index in [1.54, 1.807) is 0 Å². The third kappa shape index (κ3) is 3.17. The first-order valence-corrected chi connectivity index (χ1v) is 6.57. The molecule has 1 aliphatic heterocycles. The maximum absolute atomic E-state index is 12.3. The van der Waals surface area contributed by atoms with E-state index in [0.29, 0.717) is 32.0 Å². The summed E-state index contributed by atoms with van der Waals surface area (Å²) in [6, 6.07) is 5.43. The predicted molar refractivity (Wildman–Crippen MR) is 76.1 cm³/mol. The molecule has 1 saturated heterocycles. The van der Waals surface area contributed by atoms with E-state index in [1.165, 1.54) is 0 Å². The number of anilines is 2. The summed E-state index contributed by atoms with van der Waals surface area (Å²) in [5.74, 6) is 0.0888. The molecule has 1 unspecified atom stereocenters. The number of morpholine rings is 1. The maximum Gasteiger partial charge on any atom is 0.244 e. The van der Waals surface area contributed by atoms with Crippen molar-refractivity contribution in [3.05, 3.63) is 23.8 Å². The largest absolute Gasteiger partial charge is 0.397 e. The zero-order chi connectivity index (χ0) is 13.8. The van der Waals surface area contributed by atoms with Gasteiger partial charge in [0, 0.05) is 13.1 Å². The van der Waals surface area contributed by atoms with Crippen molar-refractivity contribution in [3.8, 4) is 0 Å². The molecule has 0 spiro atoms. The van der Waals surface area contributed by atoms with Gasteiger partial charge in [0.2, 0.25) is 5.91 Å². The van der Waals surface area contributed by atoms with Crippen LogP contribution in [0.1, 0.15) is 12.5 Å². The summed E-state index contributed by atoms with van der Waals surface area (Å²) in [6.45, 7) is 6.40. The van der Waals surface area contributed by atoms with Crippen molar-refractivity contribution in [1.29, 1.82) is 0 Å². The lowest BCUT2D eigenvalue weighted by Crippen LogP contribution is -2.47. The van der Waals surface area contributed by atoms with Crippen LogP contribution in [0.25, 0.3) is 0 Å². The Morgan fingerprint density at radius 3 is 2.74 bits per heavy atom. The number of carbonyl (C=O) groups excluding carboxylic acids is 1. The summed E-state index contributed by atoms with van der Waals surface area (Å²) < 4.78 is 5.25. The smallest absolute Gasteiger partial charge is 0.244 e. The van der Waals surface area contributed by atoms with Crippen LogP contribution in [0.4, 0.5) is 11.4 Å². The van der Waals surface area contributed by atoms with Crippen LogP contribution < -0.4 is 11.1 Å². The monoisotopic (exact) mass is 263 g/mol. The Morgan fingerprint density at radius 1 is 1.42 bits per heavy atom. The highest BCUT2D eigenvalue weighted by atomic mass is 16.5. The number of nitrogen functional groups attached to an aromatic ring is 1. The van der Waals surface area contributed by atoms with Gasteiger partial charge in [0.05, 0.1) is 24.6 Å². The highest BCUT2D eigenvalue weighted by Gasteiger charge is 2.22. The van der Waals surface area contributed by atoms with E-state index in [1.807, 2.05) is 36.9 Å². The van der Waals surface area contributed by atoms with Gasteiger partial charge in [-0.15, -0.1) is 0 Å². The Labute approximate surface area is 113 Å². The molecule has 1 atom stereocenters. The van der Waals surface area contributed by atoms with Crippen molar-refractivity contribution >= 4 is 17.3 Å². The van der Waals surface area contributed by atoms with Gasteiger partial charge in [0.15, 0.2) is 0 Å². The minimum atomic E-state index is -0.290. The number of para-hydroxylation sites is 1. The van der Waals surface area contributed by atoms with E-state index in [4.69, 9.17) is 10.5 Å². The third-order valence-corrected chi connectivity index (χ3v) is 3.36.